The Morgan fingerprint density at radius 3 is 2.82 bits per heavy atom. The van der Waals surface area contributed by atoms with Crippen LogP contribution >= 0.6 is 0 Å². The second-order valence-electron chi connectivity index (χ2n) is 3.64. The van der Waals surface area contributed by atoms with Crippen LogP contribution < -0.4 is 10.5 Å². The molecule has 17 heavy (non-hydrogen) atoms. The first-order valence-electron chi connectivity index (χ1n) is 5.32. The largest absolute Gasteiger partial charge is 0.496 e. The number of nitrogens with two attached hydrogens (primary N) is 1. The van der Waals surface area contributed by atoms with E-state index < -0.39 is 0 Å². The van der Waals surface area contributed by atoms with Crippen molar-refractivity contribution in [1.29, 1.82) is 0 Å². The van der Waals surface area contributed by atoms with Gasteiger partial charge in [-0.3, -0.25) is 0 Å². The van der Waals surface area contributed by atoms with Crippen molar-refractivity contribution in [3.63, 3.8) is 0 Å². The van der Waals surface area contributed by atoms with Crippen LogP contribution in [0.25, 0.3) is 0 Å². The lowest BCUT2D eigenvalue weighted by atomic mass is 10.2. The number of nitrogen functional groups attached to an aromatic ring is 1. The Bertz CT molecular complexity index is 466. The SMILES string of the molecule is COc1ccc(N)cc1COCc1ccco1. The highest BCUT2D eigenvalue weighted by atomic mass is 16.5. The van der Waals surface area contributed by atoms with Crippen LogP contribution in [0.4, 0.5) is 5.69 Å². The van der Waals surface area contributed by atoms with Crippen LogP contribution in [0.5, 0.6) is 5.75 Å². The molecule has 2 rings (SSSR count). The van der Waals surface area contributed by atoms with Crippen molar-refractivity contribution in [3.05, 3.63) is 47.9 Å². The molecule has 0 aliphatic carbocycles. The van der Waals surface area contributed by atoms with Crippen molar-refractivity contribution in [2.45, 2.75) is 13.2 Å². The summed E-state index contributed by atoms with van der Waals surface area (Å²) >= 11 is 0. The van der Waals surface area contributed by atoms with Gasteiger partial charge in [0.2, 0.25) is 0 Å². The third kappa shape index (κ3) is 3.01. The molecule has 1 heterocycles. The van der Waals surface area contributed by atoms with Gasteiger partial charge in [0.15, 0.2) is 0 Å². The van der Waals surface area contributed by atoms with Gasteiger partial charge in [-0.15, -0.1) is 0 Å². The molecule has 0 bridgehead atoms. The van der Waals surface area contributed by atoms with E-state index in [-0.39, 0.29) is 0 Å². The van der Waals surface area contributed by atoms with Crippen LogP contribution in [-0.2, 0) is 18.0 Å². The molecular weight excluding hydrogens is 218 g/mol. The van der Waals surface area contributed by atoms with Crippen LogP contribution in [0.15, 0.2) is 41.0 Å². The minimum atomic E-state index is 0.435. The second kappa shape index (κ2) is 5.41. The Kier molecular flexibility index (Phi) is 3.67. The summed E-state index contributed by atoms with van der Waals surface area (Å²) in [7, 11) is 1.63. The molecule has 0 fully saturated rings. The summed E-state index contributed by atoms with van der Waals surface area (Å²) in [5, 5.41) is 0. The quantitative estimate of drug-likeness (QED) is 0.806. The predicted molar refractivity (Wildman–Crippen MR) is 64.6 cm³/mol. The summed E-state index contributed by atoms with van der Waals surface area (Å²) in [6.07, 6.45) is 1.62. The van der Waals surface area contributed by atoms with Gasteiger partial charge < -0.3 is 19.6 Å². The van der Waals surface area contributed by atoms with Crippen LogP contribution in [0.1, 0.15) is 11.3 Å². The minimum absolute atomic E-state index is 0.435. The number of benzene rings is 1. The number of ether oxygens (including phenoxy) is 2. The lowest BCUT2D eigenvalue weighted by molar-refractivity contribution is 0.0914. The molecule has 4 nitrogen and oxygen atoms in total. The molecule has 0 saturated heterocycles. The normalized spacial score (nSPS) is 10.4. The van der Waals surface area contributed by atoms with Gasteiger partial charge in [0, 0.05) is 11.3 Å². The second-order valence-corrected chi connectivity index (χ2v) is 3.64. The van der Waals surface area contributed by atoms with Crippen molar-refractivity contribution in [3.8, 4) is 5.75 Å². The monoisotopic (exact) mass is 233 g/mol. The molecule has 4 heteroatoms. The molecule has 2 N–H and O–H groups in total. The Morgan fingerprint density at radius 2 is 2.12 bits per heavy atom. The zero-order valence-corrected chi connectivity index (χ0v) is 9.68. The van der Waals surface area contributed by atoms with Gasteiger partial charge >= 0.3 is 0 Å². The number of hydrogen-bond acceptors (Lipinski definition) is 4. The third-order valence-electron chi connectivity index (χ3n) is 2.39. The standard InChI is InChI=1S/C13H15NO3/c1-15-13-5-4-11(14)7-10(13)8-16-9-12-3-2-6-17-12/h2-7H,8-9,14H2,1H3. The van der Waals surface area contributed by atoms with E-state index in [1.54, 1.807) is 19.4 Å². The molecule has 90 valence electrons. The zero-order chi connectivity index (χ0) is 12.1. The van der Waals surface area contributed by atoms with E-state index in [0.29, 0.717) is 18.9 Å². The van der Waals surface area contributed by atoms with Gasteiger partial charge in [-0.25, -0.2) is 0 Å². The average molecular weight is 233 g/mol. The van der Waals surface area contributed by atoms with E-state index in [2.05, 4.69) is 0 Å². The molecular formula is C13H15NO3. The molecule has 0 unspecified atom stereocenters. The summed E-state index contributed by atoms with van der Waals surface area (Å²) < 4.78 is 15.9. The average Bonchev–Trinajstić information content (AvgIpc) is 2.82. The maximum Gasteiger partial charge on any atom is 0.129 e. The number of furan rings is 1. The van der Waals surface area contributed by atoms with Crippen molar-refractivity contribution < 1.29 is 13.9 Å². The first-order chi connectivity index (χ1) is 8.29. The summed E-state index contributed by atoms with van der Waals surface area (Å²) in [6.45, 7) is 0.875. The summed E-state index contributed by atoms with van der Waals surface area (Å²) in [5.74, 6) is 1.58. The minimum Gasteiger partial charge on any atom is -0.496 e. The van der Waals surface area contributed by atoms with Crippen LogP contribution in [0, 0.1) is 0 Å². The number of methoxy groups -OCH3 is 1. The molecule has 1 aromatic carbocycles. The zero-order valence-electron chi connectivity index (χ0n) is 9.68. The molecule has 0 spiro atoms. The van der Waals surface area contributed by atoms with E-state index in [1.807, 2.05) is 24.3 Å². The predicted octanol–water partition coefficient (Wildman–Crippen LogP) is 2.59. The fourth-order valence-corrected chi connectivity index (χ4v) is 1.57. The van der Waals surface area contributed by atoms with Crippen LogP contribution in [0.2, 0.25) is 0 Å². The smallest absolute Gasteiger partial charge is 0.129 e. The topological polar surface area (TPSA) is 57.6 Å². The fraction of sp³-hybridized carbons (Fsp3) is 0.231. The number of hydrogen-bond donors (Lipinski definition) is 1. The van der Waals surface area contributed by atoms with Gasteiger partial charge in [0.05, 0.1) is 20.0 Å². The van der Waals surface area contributed by atoms with Crippen LogP contribution in [0.3, 0.4) is 0 Å². The summed E-state index contributed by atoms with van der Waals surface area (Å²) in [6, 6.07) is 9.19. The molecule has 1 aromatic heterocycles. The molecule has 0 atom stereocenters. The van der Waals surface area contributed by atoms with Gasteiger partial charge in [-0.05, 0) is 30.3 Å². The maximum atomic E-state index is 5.72. The first-order valence-corrected chi connectivity index (χ1v) is 5.32. The van der Waals surface area contributed by atoms with Crippen LogP contribution in [-0.4, -0.2) is 7.11 Å². The lowest BCUT2D eigenvalue weighted by Crippen LogP contribution is -1.98. The van der Waals surface area contributed by atoms with E-state index in [0.717, 1.165) is 17.1 Å². The van der Waals surface area contributed by atoms with Crippen molar-refractivity contribution >= 4 is 5.69 Å². The van der Waals surface area contributed by atoms with Crippen molar-refractivity contribution in [2.24, 2.45) is 0 Å². The van der Waals surface area contributed by atoms with E-state index in [4.69, 9.17) is 19.6 Å². The highest BCUT2D eigenvalue weighted by Crippen LogP contribution is 2.22. The van der Waals surface area contributed by atoms with E-state index >= 15 is 0 Å². The van der Waals surface area contributed by atoms with Crippen molar-refractivity contribution in [1.82, 2.24) is 0 Å². The molecule has 0 aliphatic heterocycles. The Balaban J connectivity index is 1.96. The molecule has 2 aromatic rings. The van der Waals surface area contributed by atoms with E-state index in [9.17, 15) is 0 Å². The maximum absolute atomic E-state index is 5.72. The Labute approximate surface area is 99.9 Å². The summed E-state index contributed by atoms with van der Waals surface area (Å²) in [4.78, 5) is 0. The van der Waals surface area contributed by atoms with Gasteiger partial charge in [-0.1, -0.05) is 0 Å². The highest BCUT2D eigenvalue weighted by Gasteiger charge is 2.04. The summed E-state index contributed by atoms with van der Waals surface area (Å²) in [5.41, 5.74) is 7.35. The van der Waals surface area contributed by atoms with E-state index in [1.165, 1.54) is 0 Å². The van der Waals surface area contributed by atoms with Crippen molar-refractivity contribution in [2.75, 3.05) is 12.8 Å². The molecule has 0 aliphatic rings. The highest BCUT2D eigenvalue weighted by molar-refractivity contribution is 5.47. The Hall–Kier alpha value is -1.94. The number of rotatable bonds is 5. The Morgan fingerprint density at radius 1 is 1.24 bits per heavy atom. The van der Waals surface area contributed by atoms with Gasteiger partial charge in [0.1, 0.15) is 18.1 Å². The van der Waals surface area contributed by atoms with Gasteiger partial charge in [0.25, 0.3) is 0 Å². The molecule has 0 amide bonds. The number of anilines is 1. The molecule has 0 saturated carbocycles. The fourth-order valence-electron chi connectivity index (χ4n) is 1.57. The first kappa shape index (κ1) is 11.5. The molecule has 0 radical (unpaired) electrons. The third-order valence-corrected chi connectivity index (χ3v) is 2.39. The lowest BCUT2D eigenvalue weighted by Gasteiger charge is -2.09. The van der Waals surface area contributed by atoms with Gasteiger partial charge in [-0.2, -0.15) is 0 Å².